The van der Waals surface area contributed by atoms with Crippen molar-refractivity contribution in [3.63, 3.8) is 0 Å². The number of aliphatic carboxylic acids is 1. The molecular formula is C59H61N7O8S. The Bertz CT molecular complexity index is 3260. The van der Waals surface area contributed by atoms with Crippen LogP contribution in [0.2, 0.25) is 0 Å². The number of benzene rings is 6. The van der Waals surface area contributed by atoms with Gasteiger partial charge in [0.2, 0.25) is 11.9 Å². The summed E-state index contributed by atoms with van der Waals surface area (Å²) in [5.41, 5.74) is 14.8. The lowest BCUT2D eigenvalue weighted by atomic mass is 9.77. The summed E-state index contributed by atoms with van der Waals surface area (Å²) in [7, 11) is -4.19. The second-order valence-electron chi connectivity index (χ2n) is 19.8. The van der Waals surface area contributed by atoms with Crippen molar-refractivity contribution in [2.45, 2.75) is 94.3 Å². The normalized spacial score (nSPS) is 14.7. The zero-order chi connectivity index (χ0) is 53.1. The number of nitrogens with one attached hydrogen (secondary N) is 3. The number of carboxylic acids is 1. The number of carboxylic acid groups (broad SMARTS) is 1. The molecule has 0 radical (unpaired) electrons. The molecule has 6 N–H and O–H groups in total. The van der Waals surface area contributed by atoms with Crippen LogP contribution in [0.25, 0.3) is 11.1 Å². The number of carbonyl (C=O) groups excluding carboxylic acids is 2. The number of sulfonamides is 1. The molecule has 1 aliphatic heterocycles. The quantitative estimate of drug-likeness (QED) is 0.0239. The lowest BCUT2D eigenvalue weighted by molar-refractivity contribution is -0.142. The van der Waals surface area contributed by atoms with Gasteiger partial charge >= 0.3 is 12.1 Å². The van der Waals surface area contributed by atoms with E-state index in [2.05, 4.69) is 20.3 Å². The summed E-state index contributed by atoms with van der Waals surface area (Å²) in [4.78, 5) is 50.2. The average Bonchev–Trinajstić information content (AvgIpc) is 4.11. The zero-order valence-electron chi connectivity index (χ0n) is 42.5. The van der Waals surface area contributed by atoms with Crippen LogP contribution < -0.4 is 25.8 Å². The van der Waals surface area contributed by atoms with E-state index in [9.17, 15) is 27.9 Å². The summed E-state index contributed by atoms with van der Waals surface area (Å²) >= 11 is 0. The van der Waals surface area contributed by atoms with Crippen molar-refractivity contribution in [1.29, 1.82) is 0 Å². The van der Waals surface area contributed by atoms with Crippen LogP contribution >= 0.6 is 0 Å². The second kappa shape index (κ2) is 21.3. The van der Waals surface area contributed by atoms with Gasteiger partial charge < -0.3 is 35.5 Å². The van der Waals surface area contributed by atoms with E-state index in [4.69, 9.17) is 20.2 Å². The molecule has 2 amide bonds. The first-order valence-corrected chi connectivity index (χ1v) is 26.5. The minimum Gasteiger partial charge on any atom is -0.487 e. The summed E-state index contributed by atoms with van der Waals surface area (Å²) in [6, 6.07) is 42.9. The van der Waals surface area contributed by atoms with Crippen LogP contribution in [0.3, 0.4) is 0 Å². The van der Waals surface area contributed by atoms with Crippen LogP contribution in [0.1, 0.15) is 88.4 Å². The monoisotopic (exact) mass is 1030 g/mol. The van der Waals surface area contributed by atoms with Crippen LogP contribution in [0, 0.1) is 20.8 Å². The molecule has 0 bridgehead atoms. The van der Waals surface area contributed by atoms with E-state index in [0.29, 0.717) is 29.0 Å². The maximum Gasteiger partial charge on any atom is 0.407 e. The molecule has 75 heavy (non-hydrogen) atoms. The smallest absolute Gasteiger partial charge is 0.407 e. The van der Waals surface area contributed by atoms with Gasteiger partial charge in [-0.2, -0.15) is 0 Å². The van der Waals surface area contributed by atoms with Gasteiger partial charge in [-0.3, -0.25) is 9.79 Å². The highest BCUT2D eigenvalue weighted by Crippen LogP contribution is 2.46. The van der Waals surface area contributed by atoms with Crippen LogP contribution in [0.15, 0.2) is 162 Å². The largest absolute Gasteiger partial charge is 0.487 e. The Morgan fingerprint density at radius 3 is 1.91 bits per heavy atom. The highest BCUT2D eigenvalue weighted by Gasteiger charge is 2.40. The third-order valence-corrected chi connectivity index (χ3v) is 15.9. The Labute approximate surface area is 437 Å². The molecule has 386 valence electrons. The van der Waals surface area contributed by atoms with Crippen LogP contribution in [0.4, 0.5) is 4.79 Å². The van der Waals surface area contributed by atoms with Gasteiger partial charge in [0, 0.05) is 37.1 Å². The molecule has 0 saturated heterocycles. The molecule has 15 nitrogen and oxygen atoms in total. The molecule has 0 fully saturated rings. The fourth-order valence-corrected chi connectivity index (χ4v) is 12.3. The summed E-state index contributed by atoms with van der Waals surface area (Å²) < 4.78 is 44.2. The molecule has 7 aromatic rings. The molecule has 1 aromatic heterocycles. The first-order valence-electron chi connectivity index (χ1n) is 25.0. The number of amides is 2. The standard InChI is InChI=1S/C59H61N7O8S/c1-37-38(2)53(39(3)48-33-58(4,5)74-52(37)48)75(71,72)65-56(60)61-31-19-30-50(64-57(70)73-35-49-46-28-17-15-26-44(46)45-27-16-18-29-47(45)49)54(67)63-51(55(68)69)32-43-34-66(36-62-43)59(40-20-9-6-10-21-40,41-22-11-7-12-23-41)42-24-13-8-14-25-42/h6-18,20-29,34,36,49-51H,19,30-33,35H2,1-5H3,(H,63,67)(H,64,70)(H,68,69)(H3,60,61,65)/t50-,51-/m0/s1. The minimum atomic E-state index is -4.19. The van der Waals surface area contributed by atoms with Crippen LogP contribution in [-0.4, -0.2) is 77.8 Å². The molecular weight excluding hydrogens is 967 g/mol. The lowest BCUT2D eigenvalue weighted by Crippen LogP contribution is -2.52. The van der Waals surface area contributed by atoms with Crippen molar-refractivity contribution in [3.05, 3.63) is 208 Å². The fourth-order valence-electron chi connectivity index (χ4n) is 10.7. The summed E-state index contributed by atoms with van der Waals surface area (Å²) in [6.07, 6.45) is 2.98. The van der Waals surface area contributed by atoms with Gasteiger partial charge in [-0.1, -0.05) is 140 Å². The van der Waals surface area contributed by atoms with Crippen molar-refractivity contribution >= 4 is 34.0 Å². The number of alkyl carbamates (subject to hydrolysis) is 1. The molecule has 0 saturated carbocycles. The number of fused-ring (bicyclic) bond motifs is 4. The predicted octanol–water partition coefficient (Wildman–Crippen LogP) is 8.45. The van der Waals surface area contributed by atoms with Gasteiger partial charge in [-0.25, -0.2) is 27.7 Å². The Morgan fingerprint density at radius 1 is 0.800 bits per heavy atom. The maximum atomic E-state index is 14.3. The second-order valence-corrected chi connectivity index (χ2v) is 21.4. The first-order chi connectivity index (χ1) is 36.0. The average molecular weight is 1030 g/mol. The molecule has 16 heteroatoms. The number of carbonyl (C=O) groups is 3. The lowest BCUT2D eigenvalue weighted by Gasteiger charge is -2.37. The minimum absolute atomic E-state index is 0.0283. The number of ether oxygens (including phenoxy) is 2. The summed E-state index contributed by atoms with van der Waals surface area (Å²) in [5.74, 6) is -2.03. The fraction of sp³-hybridized carbons (Fsp3) is 0.271. The highest BCUT2D eigenvalue weighted by atomic mass is 32.2. The Morgan fingerprint density at radius 2 is 1.35 bits per heavy atom. The predicted molar refractivity (Wildman–Crippen MR) is 287 cm³/mol. The van der Waals surface area contributed by atoms with E-state index in [1.807, 2.05) is 165 Å². The Kier molecular flexibility index (Phi) is 14.7. The van der Waals surface area contributed by atoms with E-state index in [-0.39, 0.29) is 49.2 Å². The first kappa shape index (κ1) is 51.7. The summed E-state index contributed by atoms with van der Waals surface area (Å²) in [5, 5.41) is 16.0. The molecule has 6 aromatic carbocycles. The van der Waals surface area contributed by atoms with Crippen LogP contribution in [-0.2, 0) is 42.7 Å². The molecule has 2 aliphatic rings. The van der Waals surface area contributed by atoms with Gasteiger partial charge in [0.05, 0.1) is 16.9 Å². The molecule has 2 heterocycles. The third-order valence-electron chi connectivity index (χ3n) is 14.3. The van der Waals surface area contributed by atoms with E-state index in [1.165, 1.54) is 0 Å². The van der Waals surface area contributed by atoms with Gasteiger partial charge in [-0.05, 0) is 103 Å². The van der Waals surface area contributed by atoms with Crippen LogP contribution in [0.5, 0.6) is 5.75 Å². The molecule has 0 unspecified atom stereocenters. The van der Waals surface area contributed by atoms with Gasteiger partial charge in [0.15, 0.2) is 0 Å². The number of aromatic nitrogens is 2. The molecule has 9 rings (SSSR count). The maximum absolute atomic E-state index is 14.3. The third kappa shape index (κ3) is 10.5. The van der Waals surface area contributed by atoms with Gasteiger partial charge in [0.25, 0.3) is 10.0 Å². The topological polar surface area (TPSA) is 216 Å². The van der Waals surface area contributed by atoms with E-state index in [1.54, 1.807) is 26.4 Å². The van der Waals surface area contributed by atoms with Crippen molar-refractivity contribution in [3.8, 4) is 16.9 Å². The molecule has 1 aliphatic carbocycles. The Balaban J connectivity index is 0.938. The van der Waals surface area contributed by atoms with Gasteiger partial charge in [0.1, 0.15) is 35.6 Å². The number of aliphatic imine (C=N–C) groups is 1. The zero-order valence-corrected chi connectivity index (χ0v) is 43.4. The summed E-state index contributed by atoms with van der Waals surface area (Å²) in [6.45, 7) is 9.13. The van der Waals surface area contributed by atoms with Gasteiger partial charge in [-0.15, -0.1) is 0 Å². The van der Waals surface area contributed by atoms with Crippen molar-refractivity contribution in [1.82, 2.24) is 24.9 Å². The van der Waals surface area contributed by atoms with Crippen molar-refractivity contribution in [2.24, 2.45) is 10.7 Å². The van der Waals surface area contributed by atoms with E-state index >= 15 is 0 Å². The van der Waals surface area contributed by atoms with E-state index in [0.717, 1.165) is 50.1 Å². The molecule has 2 atom stereocenters. The number of imidazole rings is 1. The number of guanidine groups is 1. The number of hydrogen-bond donors (Lipinski definition) is 5. The number of nitrogens with two attached hydrogens (primary N) is 1. The Hall–Kier alpha value is -8.24. The molecule has 0 spiro atoms. The van der Waals surface area contributed by atoms with Crippen molar-refractivity contribution in [2.75, 3.05) is 13.2 Å². The van der Waals surface area contributed by atoms with Crippen molar-refractivity contribution < 1.29 is 37.4 Å². The number of nitrogens with zero attached hydrogens (tertiary/aromatic N) is 3. The highest BCUT2D eigenvalue weighted by molar-refractivity contribution is 7.90. The number of hydrogen-bond acceptors (Lipinski definition) is 9. The SMILES string of the molecule is Cc1c(C)c(S(=O)(=O)NC(N)=NCCC[C@H](NC(=O)OCC2c3ccccc3-c3ccccc32)C(=O)N[C@@H](Cc2cn(C(c3ccccc3)(c3ccccc3)c3ccccc3)cn2)C(=O)O)c(C)c2c1OC(C)(C)C2. The number of rotatable bonds is 18. The van der Waals surface area contributed by atoms with E-state index < -0.39 is 51.2 Å².